The number of anilines is 2. The molecule has 1 aliphatic rings. The molecule has 5 nitrogen and oxygen atoms in total. The quantitative estimate of drug-likeness (QED) is 0.612. The summed E-state index contributed by atoms with van der Waals surface area (Å²) in [6.07, 6.45) is 6.47. The first-order valence-electron chi connectivity index (χ1n) is 8.51. The highest BCUT2D eigenvalue weighted by atomic mass is 16.2. The molecule has 2 amide bonds. The van der Waals surface area contributed by atoms with E-state index in [4.69, 9.17) is 5.73 Å². The van der Waals surface area contributed by atoms with Crippen LogP contribution >= 0.6 is 0 Å². The number of hydrogen-bond acceptors (Lipinski definition) is 3. The number of benzene rings is 1. The van der Waals surface area contributed by atoms with Gasteiger partial charge in [-0.2, -0.15) is 0 Å². The molecule has 1 aromatic carbocycles. The lowest BCUT2D eigenvalue weighted by Crippen LogP contribution is -2.15. The summed E-state index contributed by atoms with van der Waals surface area (Å²) in [6.45, 7) is 2.66. The zero-order valence-corrected chi connectivity index (χ0v) is 13.9. The number of nitrogens with one attached hydrogen (secondary N) is 2. The molecule has 0 radical (unpaired) electrons. The second kappa shape index (κ2) is 8.67. The minimum atomic E-state index is 0.0199. The molecule has 0 saturated heterocycles. The molecule has 0 heterocycles. The van der Waals surface area contributed by atoms with E-state index in [1.54, 1.807) is 0 Å². The summed E-state index contributed by atoms with van der Waals surface area (Å²) in [4.78, 5) is 23.8. The van der Waals surface area contributed by atoms with Gasteiger partial charge in [0.15, 0.2) is 0 Å². The Hall–Kier alpha value is -1.88. The van der Waals surface area contributed by atoms with E-state index in [1.807, 2.05) is 25.1 Å². The normalized spacial score (nSPS) is 13.7. The fourth-order valence-corrected chi connectivity index (χ4v) is 2.42. The summed E-state index contributed by atoms with van der Waals surface area (Å²) in [6, 6.07) is 5.62. The molecule has 4 N–H and O–H groups in total. The lowest BCUT2D eigenvalue weighted by Gasteiger charge is -2.11. The average Bonchev–Trinajstić information content (AvgIpc) is 3.35. The molecular weight excluding hydrogens is 290 g/mol. The van der Waals surface area contributed by atoms with E-state index in [9.17, 15) is 9.59 Å². The summed E-state index contributed by atoms with van der Waals surface area (Å²) in [5.41, 5.74) is 7.95. The molecule has 0 aliphatic heterocycles. The Morgan fingerprint density at radius 1 is 1.13 bits per heavy atom. The van der Waals surface area contributed by atoms with Crippen molar-refractivity contribution >= 4 is 23.2 Å². The first-order valence-corrected chi connectivity index (χ1v) is 8.51. The highest BCUT2D eigenvalue weighted by molar-refractivity contribution is 5.96. The molecule has 1 fully saturated rings. The van der Waals surface area contributed by atoms with Crippen LogP contribution in [0.1, 0.15) is 50.5 Å². The Labute approximate surface area is 138 Å². The SMILES string of the molecule is Cc1ccc(NC(=O)C2CC2)cc1NC(=O)CCCCCCN. The van der Waals surface area contributed by atoms with E-state index in [0.29, 0.717) is 13.0 Å². The number of unbranched alkanes of at least 4 members (excludes halogenated alkanes) is 3. The summed E-state index contributed by atoms with van der Waals surface area (Å²) < 4.78 is 0. The highest BCUT2D eigenvalue weighted by Crippen LogP contribution is 2.30. The molecular formula is C18H27N3O2. The molecule has 126 valence electrons. The van der Waals surface area contributed by atoms with Crippen molar-refractivity contribution in [3.05, 3.63) is 23.8 Å². The van der Waals surface area contributed by atoms with Crippen molar-refractivity contribution < 1.29 is 9.59 Å². The van der Waals surface area contributed by atoms with E-state index in [2.05, 4.69) is 10.6 Å². The lowest BCUT2D eigenvalue weighted by atomic mass is 10.1. The van der Waals surface area contributed by atoms with Crippen molar-refractivity contribution in [1.82, 2.24) is 0 Å². The summed E-state index contributed by atoms with van der Waals surface area (Å²) in [5, 5.41) is 5.85. The molecule has 1 saturated carbocycles. The molecule has 0 bridgehead atoms. The van der Waals surface area contributed by atoms with Crippen LogP contribution in [0.15, 0.2) is 18.2 Å². The van der Waals surface area contributed by atoms with E-state index in [0.717, 1.165) is 55.5 Å². The van der Waals surface area contributed by atoms with Gasteiger partial charge >= 0.3 is 0 Å². The summed E-state index contributed by atoms with van der Waals surface area (Å²) in [5.74, 6) is 0.264. The second-order valence-electron chi connectivity index (χ2n) is 6.29. The van der Waals surface area contributed by atoms with E-state index >= 15 is 0 Å². The van der Waals surface area contributed by atoms with Gasteiger partial charge in [0.2, 0.25) is 11.8 Å². The van der Waals surface area contributed by atoms with Gasteiger partial charge in [-0.3, -0.25) is 9.59 Å². The van der Waals surface area contributed by atoms with Crippen LogP contribution in [0.4, 0.5) is 11.4 Å². The van der Waals surface area contributed by atoms with Crippen molar-refractivity contribution in [1.29, 1.82) is 0 Å². The fourth-order valence-electron chi connectivity index (χ4n) is 2.42. The smallest absolute Gasteiger partial charge is 0.227 e. The molecule has 23 heavy (non-hydrogen) atoms. The Morgan fingerprint density at radius 2 is 1.87 bits per heavy atom. The lowest BCUT2D eigenvalue weighted by molar-refractivity contribution is -0.117. The maximum atomic E-state index is 12.0. The Balaban J connectivity index is 1.83. The minimum Gasteiger partial charge on any atom is -0.330 e. The standard InChI is InChI=1S/C18H27N3O2/c1-13-7-10-15(20-18(23)14-8-9-14)12-16(13)21-17(22)6-4-2-3-5-11-19/h7,10,12,14H,2-6,8-9,11,19H2,1H3,(H,20,23)(H,21,22). The van der Waals surface area contributed by atoms with Crippen LogP contribution in [0.2, 0.25) is 0 Å². The van der Waals surface area contributed by atoms with Gasteiger partial charge in [0.05, 0.1) is 0 Å². The van der Waals surface area contributed by atoms with Crippen molar-refractivity contribution in [2.45, 2.75) is 51.9 Å². The van der Waals surface area contributed by atoms with E-state index in [-0.39, 0.29) is 17.7 Å². The van der Waals surface area contributed by atoms with Gasteiger partial charge in [-0.1, -0.05) is 18.9 Å². The van der Waals surface area contributed by atoms with Crippen LogP contribution < -0.4 is 16.4 Å². The largest absolute Gasteiger partial charge is 0.330 e. The molecule has 2 rings (SSSR count). The number of hydrogen-bond donors (Lipinski definition) is 3. The number of rotatable bonds is 9. The predicted molar refractivity (Wildman–Crippen MR) is 93.3 cm³/mol. The summed E-state index contributed by atoms with van der Waals surface area (Å²) >= 11 is 0. The van der Waals surface area contributed by atoms with Crippen molar-refractivity contribution in [2.24, 2.45) is 11.7 Å². The van der Waals surface area contributed by atoms with Crippen LogP contribution in [-0.2, 0) is 9.59 Å². The first-order chi connectivity index (χ1) is 11.1. The van der Waals surface area contributed by atoms with Gasteiger partial charge in [-0.05, 0) is 56.8 Å². The minimum absolute atomic E-state index is 0.0199. The first kappa shape index (κ1) is 17.5. The molecule has 0 atom stereocenters. The number of carbonyl (C=O) groups is 2. The fraction of sp³-hybridized carbons (Fsp3) is 0.556. The van der Waals surface area contributed by atoms with Gasteiger partial charge in [-0.15, -0.1) is 0 Å². The van der Waals surface area contributed by atoms with Crippen LogP contribution in [-0.4, -0.2) is 18.4 Å². The number of carbonyl (C=O) groups excluding carboxylic acids is 2. The van der Waals surface area contributed by atoms with Gasteiger partial charge in [-0.25, -0.2) is 0 Å². The second-order valence-corrected chi connectivity index (χ2v) is 6.29. The number of amides is 2. The van der Waals surface area contributed by atoms with E-state index < -0.39 is 0 Å². The molecule has 1 aromatic rings. The van der Waals surface area contributed by atoms with Gasteiger partial charge in [0.25, 0.3) is 0 Å². The molecule has 1 aliphatic carbocycles. The van der Waals surface area contributed by atoms with Crippen LogP contribution in [0.5, 0.6) is 0 Å². The zero-order valence-electron chi connectivity index (χ0n) is 13.9. The molecule has 0 unspecified atom stereocenters. The maximum Gasteiger partial charge on any atom is 0.227 e. The third-order valence-electron chi connectivity index (χ3n) is 4.09. The Bertz CT molecular complexity index is 553. The summed E-state index contributed by atoms with van der Waals surface area (Å²) in [7, 11) is 0. The molecule has 5 heteroatoms. The van der Waals surface area contributed by atoms with Gasteiger partial charge < -0.3 is 16.4 Å². The molecule has 0 aromatic heterocycles. The third kappa shape index (κ3) is 6.02. The van der Waals surface area contributed by atoms with Crippen LogP contribution in [0.25, 0.3) is 0 Å². The van der Waals surface area contributed by atoms with E-state index in [1.165, 1.54) is 0 Å². The Morgan fingerprint density at radius 3 is 2.57 bits per heavy atom. The highest BCUT2D eigenvalue weighted by Gasteiger charge is 2.29. The monoisotopic (exact) mass is 317 g/mol. The number of nitrogens with two attached hydrogens (primary N) is 1. The average molecular weight is 317 g/mol. The third-order valence-corrected chi connectivity index (χ3v) is 4.09. The van der Waals surface area contributed by atoms with Gasteiger partial charge in [0, 0.05) is 23.7 Å². The van der Waals surface area contributed by atoms with Crippen molar-refractivity contribution in [3.63, 3.8) is 0 Å². The topological polar surface area (TPSA) is 84.2 Å². The van der Waals surface area contributed by atoms with Crippen LogP contribution in [0, 0.1) is 12.8 Å². The van der Waals surface area contributed by atoms with Gasteiger partial charge in [0.1, 0.15) is 0 Å². The van der Waals surface area contributed by atoms with Crippen molar-refractivity contribution in [3.8, 4) is 0 Å². The number of aryl methyl sites for hydroxylation is 1. The van der Waals surface area contributed by atoms with Crippen molar-refractivity contribution in [2.75, 3.05) is 17.2 Å². The predicted octanol–water partition coefficient (Wildman–Crippen LogP) is 3.19. The molecule has 0 spiro atoms. The zero-order chi connectivity index (χ0) is 16.7. The van der Waals surface area contributed by atoms with Crippen LogP contribution in [0.3, 0.4) is 0 Å². The Kier molecular flexibility index (Phi) is 6.59. The maximum absolute atomic E-state index is 12.0.